The van der Waals surface area contributed by atoms with Gasteiger partial charge in [-0.1, -0.05) is 34.1 Å². The van der Waals surface area contributed by atoms with Crippen LogP contribution in [0.4, 0.5) is 0 Å². The van der Waals surface area contributed by atoms with Gasteiger partial charge >= 0.3 is 5.97 Å². The Hall–Kier alpha value is -2.18. The van der Waals surface area contributed by atoms with Crippen LogP contribution in [0.15, 0.2) is 47.1 Å². The molecule has 6 heteroatoms. The van der Waals surface area contributed by atoms with E-state index in [0.29, 0.717) is 0 Å². The van der Waals surface area contributed by atoms with Crippen molar-refractivity contribution in [2.24, 2.45) is 5.73 Å². The van der Waals surface area contributed by atoms with Gasteiger partial charge in [-0.25, -0.2) is 4.98 Å². The predicted molar refractivity (Wildman–Crippen MR) is 92.4 cm³/mol. The molecule has 0 aliphatic carbocycles. The van der Waals surface area contributed by atoms with Crippen molar-refractivity contribution in [2.45, 2.75) is 19.4 Å². The fourth-order valence-corrected chi connectivity index (χ4v) is 2.85. The van der Waals surface area contributed by atoms with E-state index < -0.39 is 12.0 Å². The van der Waals surface area contributed by atoms with E-state index in [1.807, 2.05) is 53.9 Å². The minimum Gasteiger partial charge on any atom is -0.480 e. The highest BCUT2D eigenvalue weighted by molar-refractivity contribution is 9.10. The van der Waals surface area contributed by atoms with Crippen LogP contribution in [0.1, 0.15) is 11.3 Å². The number of carboxylic acids is 1. The lowest BCUT2D eigenvalue weighted by molar-refractivity contribution is -0.138. The lowest BCUT2D eigenvalue weighted by atomic mass is 10.1. The molecule has 3 rings (SSSR count). The molecule has 2 aromatic heterocycles. The predicted octanol–water partition coefficient (Wildman–Crippen LogP) is 3.03. The maximum Gasteiger partial charge on any atom is 0.320 e. The van der Waals surface area contributed by atoms with Gasteiger partial charge in [0.2, 0.25) is 0 Å². The molecule has 0 spiro atoms. The number of aliphatic carboxylic acids is 1. The van der Waals surface area contributed by atoms with E-state index in [-0.39, 0.29) is 6.42 Å². The molecule has 1 unspecified atom stereocenters. The maximum absolute atomic E-state index is 11.2. The molecule has 1 aromatic carbocycles. The second kappa shape index (κ2) is 6.14. The SMILES string of the molecule is Cc1cccn2c(CC(N)C(=O)O)c(-c3ccc(Br)cc3)nc12. The molecular weight excluding hydrogens is 358 g/mol. The van der Waals surface area contributed by atoms with Gasteiger partial charge in [0.05, 0.1) is 11.4 Å². The molecule has 5 nitrogen and oxygen atoms in total. The molecule has 3 N–H and O–H groups in total. The average molecular weight is 374 g/mol. The molecule has 1 atom stereocenters. The van der Waals surface area contributed by atoms with Crippen molar-refractivity contribution < 1.29 is 9.90 Å². The number of carbonyl (C=O) groups is 1. The Bertz CT molecular complexity index is 871. The average Bonchev–Trinajstić information content (AvgIpc) is 2.88. The van der Waals surface area contributed by atoms with E-state index in [9.17, 15) is 4.79 Å². The lowest BCUT2D eigenvalue weighted by Crippen LogP contribution is -2.32. The van der Waals surface area contributed by atoms with E-state index in [1.54, 1.807) is 0 Å². The number of benzene rings is 1. The van der Waals surface area contributed by atoms with Crippen LogP contribution < -0.4 is 5.73 Å². The summed E-state index contributed by atoms with van der Waals surface area (Å²) in [5.41, 5.74) is 10.1. The summed E-state index contributed by atoms with van der Waals surface area (Å²) in [6, 6.07) is 10.7. The van der Waals surface area contributed by atoms with Gasteiger partial charge in [0.15, 0.2) is 0 Å². The third-order valence-electron chi connectivity index (χ3n) is 3.79. The highest BCUT2D eigenvalue weighted by Gasteiger charge is 2.20. The van der Waals surface area contributed by atoms with Crippen LogP contribution in [-0.4, -0.2) is 26.5 Å². The molecule has 0 fully saturated rings. The Kier molecular flexibility index (Phi) is 4.19. The van der Waals surface area contributed by atoms with Crippen molar-refractivity contribution in [2.75, 3.05) is 0 Å². The topological polar surface area (TPSA) is 80.6 Å². The quantitative estimate of drug-likeness (QED) is 0.736. The van der Waals surface area contributed by atoms with E-state index >= 15 is 0 Å². The maximum atomic E-state index is 11.2. The molecule has 118 valence electrons. The van der Waals surface area contributed by atoms with Crippen LogP contribution in [0, 0.1) is 6.92 Å². The van der Waals surface area contributed by atoms with Crippen LogP contribution in [-0.2, 0) is 11.2 Å². The van der Waals surface area contributed by atoms with Crippen LogP contribution in [0.25, 0.3) is 16.9 Å². The number of aryl methyl sites for hydroxylation is 1. The second-order valence-electron chi connectivity index (χ2n) is 5.45. The Balaban J connectivity index is 2.21. The van der Waals surface area contributed by atoms with Crippen molar-refractivity contribution in [3.05, 3.63) is 58.3 Å². The van der Waals surface area contributed by atoms with Gasteiger partial charge in [0.1, 0.15) is 11.7 Å². The number of carboxylic acid groups (broad SMARTS) is 1. The van der Waals surface area contributed by atoms with E-state index in [2.05, 4.69) is 15.9 Å². The van der Waals surface area contributed by atoms with E-state index in [0.717, 1.165) is 32.6 Å². The molecule has 3 aromatic rings. The highest BCUT2D eigenvalue weighted by Crippen LogP contribution is 2.27. The molecule has 0 aliphatic rings. The highest BCUT2D eigenvalue weighted by atomic mass is 79.9. The normalized spacial score (nSPS) is 12.5. The van der Waals surface area contributed by atoms with Crippen molar-refractivity contribution in [1.29, 1.82) is 0 Å². The number of nitrogens with zero attached hydrogens (tertiary/aromatic N) is 2. The fraction of sp³-hybridized carbons (Fsp3) is 0.176. The van der Waals surface area contributed by atoms with Gasteiger partial charge in [-0.15, -0.1) is 0 Å². The second-order valence-corrected chi connectivity index (χ2v) is 6.36. The summed E-state index contributed by atoms with van der Waals surface area (Å²) in [6.45, 7) is 1.98. The lowest BCUT2D eigenvalue weighted by Gasteiger charge is -2.09. The number of aromatic nitrogens is 2. The molecule has 0 saturated carbocycles. The zero-order valence-corrected chi connectivity index (χ0v) is 14.1. The molecule has 0 bridgehead atoms. The van der Waals surface area contributed by atoms with Gasteiger partial charge in [0.25, 0.3) is 0 Å². The van der Waals surface area contributed by atoms with Gasteiger partial charge in [-0.05, 0) is 30.7 Å². The van der Waals surface area contributed by atoms with Gasteiger partial charge < -0.3 is 15.2 Å². The number of hydrogen-bond acceptors (Lipinski definition) is 3. The van der Waals surface area contributed by atoms with Gasteiger partial charge in [0, 0.05) is 22.7 Å². The third kappa shape index (κ3) is 3.00. The van der Waals surface area contributed by atoms with Crippen LogP contribution in [0.3, 0.4) is 0 Å². The summed E-state index contributed by atoms with van der Waals surface area (Å²) in [5, 5.41) is 9.14. The number of rotatable bonds is 4. The van der Waals surface area contributed by atoms with E-state index in [4.69, 9.17) is 15.8 Å². The number of hydrogen-bond donors (Lipinski definition) is 2. The van der Waals surface area contributed by atoms with Crippen molar-refractivity contribution in [3.63, 3.8) is 0 Å². The van der Waals surface area contributed by atoms with Gasteiger partial charge in [-0.3, -0.25) is 4.79 Å². The molecule has 0 saturated heterocycles. The zero-order valence-electron chi connectivity index (χ0n) is 12.5. The molecule has 2 heterocycles. The summed E-state index contributed by atoms with van der Waals surface area (Å²) in [4.78, 5) is 15.9. The third-order valence-corrected chi connectivity index (χ3v) is 4.32. The Morgan fingerprint density at radius 2 is 2.04 bits per heavy atom. The summed E-state index contributed by atoms with van der Waals surface area (Å²) in [7, 11) is 0. The first-order valence-corrected chi connectivity index (χ1v) is 7.97. The number of pyridine rings is 1. The van der Waals surface area contributed by atoms with Crippen molar-refractivity contribution in [1.82, 2.24) is 9.38 Å². The number of fused-ring (bicyclic) bond motifs is 1. The largest absolute Gasteiger partial charge is 0.480 e. The van der Waals surface area contributed by atoms with Crippen molar-refractivity contribution in [3.8, 4) is 11.3 Å². The molecule has 23 heavy (non-hydrogen) atoms. The molecule has 0 amide bonds. The van der Waals surface area contributed by atoms with Crippen LogP contribution in [0.5, 0.6) is 0 Å². The summed E-state index contributed by atoms with van der Waals surface area (Å²) < 4.78 is 2.90. The minimum atomic E-state index is -1.02. The van der Waals surface area contributed by atoms with E-state index in [1.165, 1.54) is 0 Å². The summed E-state index contributed by atoms with van der Waals surface area (Å²) in [6.07, 6.45) is 2.10. The summed E-state index contributed by atoms with van der Waals surface area (Å²) in [5.74, 6) is -1.02. The standard InChI is InChI=1S/C17H16BrN3O2/c1-10-3-2-8-21-14(9-13(19)17(22)23)15(20-16(10)21)11-4-6-12(18)7-5-11/h2-8,13H,9,19H2,1H3,(H,22,23). The monoisotopic (exact) mass is 373 g/mol. The first-order valence-electron chi connectivity index (χ1n) is 7.18. The van der Waals surface area contributed by atoms with Crippen molar-refractivity contribution >= 4 is 27.5 Å². The number of imidazole rings is 1. The molecular formula is C17H16BrN3O2. The fourth-order valence-electron chi connectivity index (χ4n) is 2.58. The zero-order chi connectivity index (χ0) is 16.6. The Labute approximate surface area is 141 Å². The van der Waals surface area contributed by atoms with Crippen LogP contribution >= 0.6 is 15.9 Å². The minimum absolute atomic E-state index is 0.214. The Morgan fingerprint density at radius 1 is 1.35 bits per heavy atom. The number of nitrogens with two attached hydrogens (primary N) is 1. The first-order chi connectivity index (χ1) is 11.0. The first kappa shape index (κ1) is 15.7. The molecule has 0 radical (unpaired) electrons. The molecule has 0 aliphatic heterocycles. The Morgan fingerprint density at radius 3 is 2.70 bits per heavy atom. The smallest absolute Gasteiger partial charge is 0.320 e. The number of halogens is 1. The van der Waals surface area contributed by atoms with Crippen LogP contribution in [0.2, 0.25) is 0 Å². The summed E-state index contributed by atoms with van der Waals surface area (Å²) >= 11 is 3.42. The van der Waals surface area contributed by atoms with Gasteiger partial charge in [-0.2, -0.15) is 0 Å².